The lowest BCUT2D eigenvalue weighted by Crippen LogP contribution is -2.33. The summed E-state index contributed by atoms with van der Waals surface area (Å²) in [7, 11) is -4.61. The predicted molar refractivity (Wildman–Crippen MR) is 39.6 cm³/mol. The third kappa shape index (κ3) is 463. The van der Waals surface area contributed by atoms with Crippen LogP contribution in [-0.2, 0) is 0 Å². The van der Waals surface area contributed by atoms with Crippen LogP contribution in [0.25, 0.3) is 0 Å². The summed E-state index contributed by atoms with van der Waals surface area (Å²) in [6.07, 6.45) is -3.67. The molecule has 14 heavy (non-hydrogen) atoms. The summed E-state index contributed by atoms with van der Waals surface area (Å²) >= 11 is 0. The molecule has 0 amide bonds. The van der Waals surface area contributed by atoms with Crippen LogP contribution in [0.5, 0.6) is 0 Å². The number of hydrogen-bond donors (Lipinski definition) is 8. The second-order valence-corrected chi connectivity index (χ2v) is 2.37. The van der Waals surface area contributed by atoms with Crippen LogP contribution in [-0.4, -0.2) is 66.4 Å². The average Bonchev–Trinajstić information content (AvgIpc) is 1.50. The van der Waals surface area contributed by atoms with Gasteiger partial charge in [0.2, 0.25) is 0 Å². The summed E-state index contributed by atoms with van der Waals surface area (Å²) in [6.45, 7) is 0. The maximum Gasteiger partial charge on any atom is 0.668 e. The van der Waals surface area contributed by atoms with Crippen molar-refractivity contribution in [2.45, 2.75) is 0 Å². The van der Waals surface area contributed by atoms with Crippen molar-refractivity contribution in [2.75, 3.05) is 0 Å². The van der Waals surface area contributed by atoms with Crippen molar-refractivity contribution < 1.29 is 54.7 Å². The Balaban J connectivity index is -0.0000000522. The smallest absolute Gasteiger partial charge is 0.450 e. The average molecular weight is 238 g/mol. The van der Waals surface area contributed by atoms with Crippen LogP contribution in [0.1, 0.15) is 0 Å². The molecule has 0 atom stereocenters. The Kier molecular flexibility index (Phi) is 18.9. The molecular weight excluding hydrogens is 228 g/mol. The van der Waals surface area contributed by atoms with E-state index in [1.807, 2.05) is 0 Å². The zero-order valence-electron chi connectivity index (χ0n) is 6.39. The molecule has 0 aromatic carbocycles. The molecule has 0 aliphatic rings. The van der Waals surface area contributed by atoms with E-state index in [-0.39, 0.29) is 5.48 Å². The number of carboxylic acid groups (broad SMARTS) is 4. The van der Waals surface area contributed by atoms with Crippen molar-refractivity contribution >= 4 is 21.4 Å². The lowest BCUT2D eigenvalue weighted by atomic mass is 11.5. The standard InChI is InChI=1S/2CH2O3.H4O4Si.H2O/c2*2-1(3)4;1-5(2,3)4;/h2*(H2,2,3,4);1-4H;1H2. The normalized spacial score (nSPS) is 7.71. The minimum Gasteiger partial charge on any atom is -0.450 e. The number of rotatable bonds is 0. The highest BCUT2D eigenvalue weighted by molar-refractivity contribution is 6.46. The molecule has 88 valence electrons. The zero-order chi connectivity index (χ0) is 11.7. The van der Waals surface area contributed by atoms with Gasteiger partial charge in [0.25, 0.3) is 0 Å². The van der Waals surface area contributed by atoms with Crippen LogP contribution < -0.4 is 0 Å². The Labute approximate surface area is 77.1 Å². The Hall–Kier alpha value is -1.44. The molecule has 0 heterocycles. The molecule has 0 aliphatic heterocycles. The third-order valence-corrected chi connectivity index (χ3v) is 0. The van der Waals surface area contributed by atoms with Crippen molar-refractivity contribution in [3.05, 3.63) is 0 Å². The van der Waals surface area contributed by atoms with Gasteiger partial charge in [-0.3, -0.25) is 0 Å². The molecule has 0 spiro atoms. The highest BCUT2D eigenvalue weighted by Gasteiger charge is 2.22. The van der Waals surface area contributed by atoms with E-state index in [4.69, 9.17) is 49.2 Å². The molecule has 0 aromatic rings. The molecular formula is C2H10O11Si. The maximum absolute atomic E-state index is 8.56. The fourth-order valence-electron chi connectivity index (χ4n) is 0. The molecule has 0 unspecified atom stereocenters. The summed E-state index contributed by atoms with van der Waals surface area (Å²) in [5, 5.41) is 27.9. The molecule has 0 aliphatic carbocycles. The first-order valence-corrected chi connectivity index (χ1v) is 3.99. The molecule has 10 N–H and O–H groups in total. The SMILES string of the molecule is O.O=C(O)O.O=C(O)O.O[Si](O)(O)O. The Morgan fingerprint density at radius 2 is 0.714 bits per heavy atom. The van der Waals surface area contributed by atoms with Gasteiger partial charge >= 0.3 is 21.4 Å². The van der Waals surface area contributed by atoms with E-state index < -0.39 is 21.4 Å². The molecule has 0 rings (SSSR count). The largest absolute Gasteiger partial charge is 0.668 e. The van der Waals surface area contributed by atoms with Gasteiger partial charge in [0, 0.05) is 0 Å². The van der Waals surface area contributed by atoms with Crippen LogP contribution in [0.2, 0.25) is 0 Å². The minimum absolute atomic E-state index is 0. The summed E-state index contributed by atoms with van der Waals surface area (Å²) in [6, 6.07) is 0. The highest BCUT2D eigenvalue weighted by Crippen LogP contribution is 1.67. The van der Waals surface area contributed by atoms with E-state index in [1.54, 1.807) is 0 Å². The van der Waals surface area contributed by atoms with Crippen molar-refractivity contribution in [1.29, 1.82) is 0 Å². The molecule has 0 aromatic heterocycles. The van der Waals surface area contributed by atoms with Crippen LogP contribution in [0, 0.1) is 0 Å². The van der Waals surface area contributed by atoms with E-state index in [0.29, 0.717) is 0 Å². The molecule has 0 fully saturated rings. The molecule has 12 heteroatoms. The van der Waals surface area contributed by atoms with Gasteiger partial charge in [-0.05, 0) is 0 Å². The van der Waals surface area contributed by atoms with Gasteiger partial charge in [0.1, 0.15) is 0 Å². The molecule has 0 radical (unpaired) electrons. The van der Waals surface area contributed by atoms with Crippen molar-refractivity contribution in [1.82, 2.24) is 0 Å². The summed E-state index contributed by atoms with van der Waals surface area (Å²) < 4.78 is 0. The monoisotopic (exact) mass is 238 g/mol. The molecule has 0 bridgehead atoms. The summed E-state index contributed by atoms with van der Waals surface area (Å²) in [5.74, 6) is 0. The molecule has 0 saturated carbocycles. The Morgan fingerprint density at radius 1 is 0.714 bits per heavy atom. The van der Waals surface area contributed by atoms with Crippen LogP contribution in [0.3, 0.4) is 0 Å². The first kappa shape index (κ1) is 22.9. The number of hydrogen-bond acceptors (Lipinski definition) is 6. The first-order valence-electron chi connectivity index (χ1n) is 2.20. The second kappa shape index (κ2) is 11.6. The van der Waals surface area contributed by atoms with E-state index in [2.05, 4.69) is 0 Å². The minimum atomic E-state index is -4.61. The van der Waals surface area contributed by atoms with Crippen LogP contribution >= 0.6 is 0 Å². The first-order chi connectivity index (χ1) is 5.46. The van der Waals surface area contributed by atoms with E-state index >= 15 is 0 Å². The van der Waals surface area contributed by atoms with Crippen molar-refractivity contribution in [3.63, 3.8) is 0 Å². The lowest BCUT2D eigenvalue weighted by molar-refractivity contribution is 0.117. The zero-order valence-corrected chi connectivity index (χ0v) is 7.39. The fraction of sp³-hybridized carbons (Fsp3) is 0. The van der Waals surface area contributed by atoms with Gasteiger partial charge in [0.05, 0.1) is 0 Å². The second-order valence-electron chi connectivity index (χ2n) is 1.17. The van der Waals surface area contributed by atoms with Crippen molar-refractivity contribution in [3.8, 4) is 0 Å². The fourth-order valence-corrected chi connectivity index (χ4v) is 0. The van der Waals surface area contributed by atoms with Gasteiger partial charge in [-0.2, -0.15) is 0 Å². The van der Waals surface area contributed by atoms with E-state index in [9.17, 15) is 0 Å². The van der Waals surface area contributed by atoms with E-state index in [1.165, 1.54) is 0 Å². The highest BCUT2D eigenvalue weighted by atomic mass is 28.4. The van der Waals surface area contributed by atoms with Gasteiger partial charge < -0.3 is 45.1 Å². The van der Waals surface area contributed by atoms with Gasteiger partial charge in [0.15, 0.2) is 0 Å². The van der Waals surface area contributed by atoms with Gasteiger partial charge in [-0.25, -0.2) is 9.59 Å². The Bertz CT molecular complexity index is 120. The molecule has 0 saturated heterocycles. The topological polar surface area (TPSA) is 227 Å². The van der Waals surface area contributed by atoms with Gasteiger partial charge in [-0.15, -0.1) is 0 Å². The maximum atomic E-state index is 8.56. The van der Waals surface area contributed by atoms with E-state index in [0.717, 1.165) is 0 Å². The van der Waals surface area contributed by atoms with Crippen molar-refractivity contribution in [2.24, 2.45) is 0 Å². The quantitative estimate of drug-likeness (QED) is 0.199. The predicted octanol–water partition coefficient (Wildman–Crippen LogP) is -2.99. The van der Waals surface area contributed by atoms with Crippen LogP contribution in [0.4, 0.5) is 9.59 Å². The van der Waals surface area contributed by atoms with Crippen LogP contribution in [0.15, 0.2) is 0 Å². The lowest BCUT2D eigenvalue weighted by Gasteiger charge is -1.91. The summed E-state index contributed by atoms with van der Waals surface area (Å²) in [5.41, 5.74) is 0. The third-order valence-electron chi connectivity index (χ3n) is 0. The van der Waals surface area contributed by atoms with Gasteiger partial charge in [-0.1, -0.05) is 0 Å². The molecule has 11 nitrogen and oxygen atoms in total. The Morgan fingerprint density at radius 3 is 0.714 bits per heavy atom. The number of carbonyl (C=O) groups is 2. The summed E-state index contributed by atoms with van der Waals surface area (Å²) in [4.78, 5) is 46.4.